The molecule has 0 spiro atoms. The summed E-state index contributed by atoms with van der Waals surface area (Å²) in [6.07, 6.45) is 16.2. The third kappa shape index (κ3) is 5.68. The fourth-order valence-corrected chi connectivity index (χ4v) is 3.57. The van der Waals surface area contributed by atoms with Gasteiger partial charge in [-0.05, 0) is 32.1 Å². The van der Waals surface area contributed by atoms with Crippen LogP contribution in [0.15, 0.2) is 11.6 Å². The van der Waals surface area contributed by atoms with Crippen LogP contribution >= 0.6 is 0 Å². The number of unbranched alkanes of at least 4 members (excludes halogenated alkanes) is 5. The van der Waals surface area contributed by atoms with E-state index in [0.29, 0.717) is 0 Å². The number of ether oxygens (including phenoxy) is 3. The van der Waals surface area contributed by atoms with Crippen LogP contribution in [0.1, 0.15) is 77.6 Å². The molecule has 0 aromatic rings. The molecule has 1 aliphatic carbocycles. The minimum absolute atomic E-state index is 0.207. The highest BCUT2D eigenvalue weighted by Gasteiger charge is 2.41. The van der Waals surface area contributed by atoms with Gasteiger partial charge in [0, 0.05) is 21.3 Å². The van der Waals surface area contributed by atoms with Crippen molar-refractivity contribution in [2.24, 2.45) is 5.92 Å². The van der Waals surface area contributed by atoms with Gasteiger partial charge in [-0.3, -0.25) is 0 Å². The molecule has 1 rings (SSSR count). The number of hydrogen-bond acceptors (Lipinski definition) is 3. The van der Waals surface area contributed by atoms with E-state index >= 15 is 0 Å². The Morgan fingerprint density at radius 2 is 1.59 bits per heavy atom. The monoisotopic (exact) mass is 312 g/mol. The molecule has 3 heteroatoms. The molecule has 0 aromatic heterocycles. The van der Waals surface area contributed by atoms with Crippen LogP contribution in [-0.4, -0.2) is 27.3 Å². The Balaban J connectivity index is 2.64. The van der Waals surface area contributed by atoms with Gasteiger partial charge in [0.15, 0.2) is 0 Å². The summed E-state index contributed by atoms with van der Waals surface area (Å²) >= 11 is 0. The van der Waals surface area contributed by atoms with E-state index in [9.17, 15) is 0 Å². The van der Waals surface area contributed by atoms with E-state index in [0.717, 1.165) is 12.8 Å². The average molecular weight is 312 g/mol. The van der Waals surface area contributed by atoms with E-state index in [1.54, 1.807) is 21.3 Å². The molecule has 1 atom stereocenters. The lowest BCUT2D eigenvalue weighted by Crippen LogP contribution is -2.45. The highest BCUT2D eigenvalue weighted by Crippen LogP contribution is 2.38. The molecule has 0 aromatic carbocycles. The smallest absolute Gasteiger partial charge is 0.289 e. The SMILES string of the molecule is CCCCCCCCC(C1=CCCCC1)C(OC)(OC)OC. The van der Waals surface area contributed by atoms with E-state index in [1.165, 1.54) is 63.4 Å². The number of allylic oxidation sites excluding steroid dienone is 1. The van der Waals surface area contributed by atoms with Gasteiger partial charge in [-0.25, -0.2) is 0 Å². The highest BCUT2D eigenvalue weighted by molar-refractivity contribution is 5.12. The van der Waals surface area contributed by atoms with Crippen LogP contribution in [0.2, 0.25) is 0 Å². The lowest BCUT2D eigenvalue weighted by atomic mass is 9.84. The third-order valence-corrected chi connectivity index (χ3v) is 4.90. The molecule has 0 N–H and O–H groups in total. The van der Waals surface area contributed by atoms with Crippen molar-refractivity contribution in [1.29, 1.82) is 0 Å². The second-order valence-electron chi connectivity index (χ2n) is 6.35. The lowest BCUT2D eigenvalue weighted by Gasteiger charge is -2.38. The summed E-state index contributed by atoms with van der Waals surface area (Å²) in [5, 5.41) is 0. The highest BCUT2D eigenvalue weighted by atomic mass is 16.9. The van der Waals surface area contributed by atoms with E-state index in [1.807, 2.05) is 0 Å². The Labute approximate surface area is 137 Å². The molecule has 0 aliphatic heterocycles. The average Bonchev–Trinajstić information content (AvgIpc) is 2.58. The van der Waals surface area contributed by atoms with Crippen LogP contribution in [0.3, 0.4) is 0 Å². The van der Waals surface area contributed by atoms with Gasteiger partial charge >= 0.3 is 0 Å². The van der Waals surface area contributed by atoms with Crippen molar-refractivity contribution in [1.82, 2.24) is 0 Å². The molecule has 0 bridgehead atoms. The summed E-state index contributed by atoms with van der Waals surface area (Å²) in [5.74, 6) is -0.717. The largest absolute Gasteiger partial charge is 0.330 e. The van der Waals surface area contributed by atoms with Crippen LogP contribution < -0.4 is 0 Å². The summed E-state index contributed by atoms with van der Waals surface area (Å²) in [7, 11) is 5.06. The summed E-state index contributed by atoms with van der Waals surface area (Å²) in [4.78, 5) is 0. The van der Waals surface area contributed by atoms with Gasteiger partial charge in [-0.15, -0.1) is 0 Å². The summed E-state index contributed by atoms with van der Waals surface area (Å²) < 4.78 is 17.0. The molecular formula is C19H36O3. The van der Waals surface area contributed by atoms with E-state index in [2.05, 4.69) is 13.0 Å². The van der Waals surface area contributed by atoms with Gasteiger partial charge in [0.25, 0.3) is 5.97 Å². The Morgan fingerprint density at radius 3 is 2.14 bits per heavy atom. The number of hydrogen-bond donors (Lipinski definition) is 0. The van der Waals surface area contributed by atoms with Crippen molar-refractivity contribution in [3.63, 3.8) is 0 Å². The Kier molecular flexibility index (Phi) is 10.0. The fourth-order valence-electron chi connectivity index (χ4n) is 3.57. The Hall–Kier alpha value is -0.380. The van der Waals surface area contributed by atoms with Crippen molar-refractivity contribution < 1.29 is 14.2 Å². The van der Waals surface area contributed by atoms with Gasteiger partial charge in [0.1, 0.15) is 0 Å². The van der Waals surface area contributed by atoms with Gasteiger partial charge in [-0.2, -0.15) is 0 Å². The quantitative estimate of drug-likeness (QED) is 0.272. The van der Waals surface area contributed by atoms with Crippen molar-refractivity contribution in [3.8, 4) is 0 Å². The first-order valence-electron chi connectivity index (χ1n) is 9.08. The molecule has 0 amide bonds. The normalized spacial score (nSPS) is 17.4. The molecule has 130 valence electrons. The maximum Gasteiger partial charge on any atom is 0.289 e. The fraction of sp³-hybridized carbons (Fsp3) is 0.895. The van der Waals surface area contributed by atoms with Crippen molar-refractivity contribution in [2.45, 2.75) is 83.5 Å². The summed E-state index contributed by atoms with van der Waals surface area (Å²) in [6, 6.07) is 0. The zero-order valence-electron chi connectivity index (χ0n) is 15.2. The van der Waals surface area contributed by atoms with Gasteiger partial charge in [0.2, 0.25) is 0 Å². The van der Waals surface area contributed by atoms with Gasteiger partial charge in [0.05, 0.1) is 5.92 Å². The molecule has 0 saturated carbocycles. The second-order valence-corrected chi connectivity index (χ2v) is 6.35. The van der Waals surface area contributed by atoms with Crippen LogP contribution in [-0.2, 0) is 14.2 Å². The summed E-state index contributed by atoms with van der Waals surface area (Å²) in [5.41, 5.74) is 1.46. The first-order valence-corrected chi connectivity index (χ1v) is 9.08. The Morgan fingerprint density at radius 1 is 0.955 bits per heavy atom. The van der Waals surface area contributed by atoms with Crippen molar-refractivity contribution in [3.05, 3.63) is 11.6 Å². The van der Waals surface area contributed by atoms with Crippen LogP contribution in [0, 0.1) is 5.92 Å². The van der Waals surface area contributed by atoms with E-state index in [-0.39, 0.29) is 5.92 Å². The number of rotatable bonds is 12. The lowest BCUT2D eigenvalue weighted by molar-refractivity contribution is -0.374. The standard InChI is InChI=1S/C19H36O3/c1-5-6-7-8-9-13-16-18(17-14-11-10-12-15-17)19(20-2,21-3)22-4/h14,18H,5-13,15-16H2,1-4H3. The molecule has 3 nitrogen and oxygen atoms in total. The number of methoxy groups -OCH3 is 3. The van der Waals surface area contributed by atoms with E-state index in [4.69, 9.17) is 14.2 Å². The maximum absolute atomic E-state index is 5.66. The van der Waals surface area contributed by atoms with Crippen molar-refractivity contribution in [2.75, 3.05) is 21.3 Å². The molecule has 0 radical (unpaired) electrons. The zero-order chi connectivity index (χ0) is 16.3. The molecule has 0 heterocycles. The molecule has 22 heavy (non-hydrogen) atoms. The first-order chi connectivity index (χ1) is 10.7. The topological polar surface area (TPSA) is 27.7 Å². The van der Waals surface area contributed by atoms with Crippen LogP contribution in [0.25, 0.3) is 0 Å². The molecule has 0 saturated heterocycles. The predicted octanol–water partition coefficient (Wildman–Crippen LogP) is 5.45. The first kappa shape index (κ1) is 19.7. The molecular weight excluding hydrogens is 276 g/mol. The second kappa shape index (κ2) is 11.2. The predicted molar refractivity (Wildman–Crippen MR) is 91.8 cm³/mol. The van der Waals surface area contributed by atoms with Crippen LogP contribution in [0.5, 0.6) is 0 Å². The minimum Gasteiger partial charge on any atom is -0.330 e. The van der Waals surface area contributed by atoms with Crippen molar-refractivity contribution >= 4 is 0 Å². The maximum atomic E-state index is 5.66. The van der Waals surface area contributed by atoms with Gasteiger partial charge in [-0.1, -0.05) is 57.1 Å². The van der Waals surface area contributed by atoms with Crippen LogP contribution in [0.4, 0.5) is 0 Å². The zero-order valence-corrected chi connectivity index (χ0v) is 15.2. The van der Waals surface area contributed by atoms with Gasteiger partial charge < -0.3 is 14.2 Å². The summed E-state index contributed by atoms with van der Waals surface area (Å²) in [6.45, 7) is 2.26. The molecule has 1 unspecified atom stereocenters. The third-order valence-electron chi connectivity index (χ3n) is 4.90. The molecule has 0 fully saturated rings. The minimum atomic E-state index is -0.924. The Bertz CT molecular complexity index is 300. The van der Waals surface area contributed by atoms with E-state index < -0.39 is 5.97 Å². The molecule has 1 aliphatic rings.